The fourth-order valence-corrected chi connectivity index (χ4v) is 1.71. The van der Waals surface area contributed by atoms with Crippen LogP contribution in [0.4, 0.5) is 0 Å². The second kappa shape index (κ2) is 4.64. The van der Waals surface area contributed by atoms with Crippen molar-refractivity contribution in [2.45, 2.75) is 0 Å². The molecular weight excluding hydrogens is 245 g/mol. The highest BCUT2D eigenvalue weighted by Crippen LogP contribution is 2.25. The smallest absolute Gasteiger partial charge is 0.234 e. The van der Waals surface area contributed by atoms with Crippen molar-refractivity contribution >= 4 is 29.5 Å². The topological polar surface area (TPSA) is 30.0 Å². The first-order valence-electron chi connectivity index (χ1n) is 4.51. The highest BCUT2D eigenvalue weighted by Gasteiger charge is 2.07. The molecule has 0 unspecified atom stereocenters. The molecule has 16 heavy (non-hydrogen) atoms. The minimum Gasteiger partial charge on any atom is -0.285 e. The fraction of sp³-hybridized carbons (Fsp3) is 0. The van der Waals surface area contributed by atoms with Gasteiger partial charge in [-0.25, -0.2) is 4.98 Å². The van der Waals surface area contributed by atoms with Gasteiger partial charge in [0.15, 0.2) is 0 Å². The maximum Gasteiger partial charge on any atom is 0.234 e. The van der Waals surface area contributed by atoms with Gasteiger partial charge in [0.1, 0.15) is 5.15 Å². The minimum absolute atomic E-state index is 0.370. The number of benzene rings is 1. The zero-order valence-corrected chi connectivity index (χ0v) is 9.59. The molecule has 1 aromatic carbocycles. The molecular formula is C12H6Cl2NO. The van der Waals surface area contributed by atoms with Gasteiger partial charge in [-0.15, -0.1) is 0 Å². The molecule has 2 nitrogen and oxygen atoms in total. The van der Waals surface area contributed by atoms with E-state index in [9.17, 15) is 4.79 Å². The Morgan fingerprint density at radius 2 is 1.94 bits per heavy atom. The molecule has 0 aliphatic carbocycles. The Morgan fingerprint density at radius 3 is 2.62 bits per heavy atom. The van der Waals surface area contributed by atoms with Crippen LogP contribution in [-0.4, -0.2) is 11.3 Å². The molecule has 0 aliphatic heterocycles. The molecule has 0 bridgehead atoms. The van der Waals surface area contributed by atoms with Gasteiger partial charge in [-0.1, -0.05) is 29.3 Å². The minimum atomic E-state index is 0.370. The summed E-state index contributed by atoms with van der Waals surface area (Å²) in [7, 11) is 0. The zero-order valence-electron chi connectivity index (χ0n) is 8.08. The lowest BCUT2D eigenvalue weighted by atomic mass is 10.1. The van der Waals surface area contributed by atoms with E-state index in [0.717, 1.165) is 0 Å². The third-order valence-corrected chi connectivity index (χ3v) is 2.53. The van der Waals surface area contributed by atoms with Crippen molar-refractivity contribution in [3.8, 4) is 11.3 Å². The number of rotatable bonds is 2. The Balaban J connectivity index is 2.62. The number of aromatic nitrogens is 1. The van der Waals surface area contributed by atoms with Gasteiger partial charge >= 0.3 is 0 Å². The van der Waals surface area contributed by atoms with Crippen molar-refractivity contribution in [1.29, 1.82) is 0 Å². The van der Waals surface area contributed by atoms with Crippen LogP contribution in [0.25, 0.3) is 11.3 Å². The number of nitrogens with zero attached hydrogens (tertiary/aromatic N) is 1. The molecule has 79 valence electrons. The average Bonchev–Trinajstić information content (AvgIpc) is 2.29. The summed E-state index contributed by atoms with van der Waals surface area (Å²) in [5.74, 6) is 0. The van der Waals surface area contributed by atoms with Crippen LogP contribution in [0.3, 0.4) is 0 Å². The third-order valence-electron chi connectivity index (χ3n) is 2.08. The Bertz CT molecular complexity index is 540. The van der Waals surface area contributed by atoms with E-state index >= 15 is 0 Å². The van der Waals surface area contributed by atoms with E-state index in [1.54, 1.807) is 36.4 Å². The maximum absolute atomic E-state index is 10.8. The first-order chi connectivity index (χ1) is 7.70. The van der Waals surface area contributed by atoms with E-state index in [1.807, 2.05) is 6.29 Å². The van der Waals surface area contributed by atoms with Crippen LogP contribution < -0.4 is 0 Å². The largest absolute Gasteiger partial charge is 0.285 e. The molecule has 0 N–H and O–H groups in total. The van der Waals surface area contributed by atoms with Gasteiger partial charge in [-0.3, -0.25) is 4.79 Å². The molecule has 4 heteroatoms. The number of hydrogen-bond donors (Lipinski definition) is 0. The summed E-state index contributed by atoms with van der Waals surface area (Å²) >= 11 is 11.7. The van der Waals surface area contributed by atoms with Crippen LogP contribution >= 0.6 is 23.2 Å². The summed E-state index contributed by atoms with van der Waals surface area (Å²) in [5.41, 5.74) is 1.65. The van der Waals surface area contributed by atoms with E-state index in [1.165, 1.54) is 0 Å². The van der Waals surface area contributed by atoms with Gasteiger partial charge in [-0.2, -0.15) is 0 Å². The molecule has 1 radical (unpaired) electrons. The molecule has 0 aliphatic rings. The zero-order chi connectivity index (χ0) is 11.5. The summed E-state index contributed by atoms with van der Waals surface area (Å²) in [6, 6.07) is 10.1. The van der Waals surface area contributed by atoms with Gasteiger partial charge < -0.3 is 0 Å². The third kappa shape index (κ3) is 2.23. The van der Waals surface area contributed by atoms with Crippen LogP contribution in [0.5, 0.6) is 0 Å². The summed E-state index contributed by atoms with van der Waals surface area (Å²) in [4.78, 5) is 14.9. The first kappa shape index (κ1) is 11.1. The van der Waals surface area contributed by atoms with Crippen LogP contribution in [0.1, 0.15) is 5.56 Å². The van der Waals surface area contributed by atoms with Crippen molar-refractivity contribution in [2.24, 2.45) is 0 Å². The van der Waals surface area contributed by atoms with Crippen LogP contribution in [0, 0.1) is 0 Å². The summed E-state index contributed by atoms with van der Waals surface area (Å²) in [6.45, 7) is 0. The van der Waals surface area contributed by atoms with Gasteiger partial charge in [-0.05, 0) is 30.3 Å². The quantitative estimate of drug-likeness (QED) is 0.764. The van der Waals surface area contributed by atoms with Gasteiger partial charge in [0.25, 0.3) is 0 Å². The van der Waals surface area contributed by atoms with Crippen molar-refractivity contribution in [3.05, 3.63) is 52.1 Å². The number of carbonyl (C=O) groups excluding carboxylic acids is 1. The normalized spacial score (nSPS) is 10.1. The number of halogens is 2. The molecule has 1 aromatic heterocycles. The van der Waals surface area contributed by atoms with Crippen LogP contribution in [0.15, 0.2) is 36.4 Å². The highest BCUT2D eigenvalue weighted by atomic mass is 35.5. The second-order valence-corrected chi connectivity index (χ2v) is 3.96. The molecule has 1 heterocycles. The summed E-state index contributed by atoms with van der Waals surface area (Å²) in [5, 5.41) is 0.908. The van der Waals surface area contributed by atoms with Crippen LogP contribution in [-0.2, 0) is 4.79 Å². The van der Waals surface area contributed by atoms with E-state index in [2.05, 4.69) is 4.98 Å². The van der Waals surface area contributed by atoms with Crippen molar-refractivity contribution in [2.75, 3.05) is 0 Å². The summed E-state index contributed by atoms with van der Waals surface area (Å²) in [6.07, 6.45) is 1.85. The Morgan fingerprint density at radius 1 is 1.12 bits per heavy atom. The molecule has 0 spiro atoms. The van der Waals surface area contributed by atoms with Crippen molar-refractivity contribution in [3.63, 3.8) is 0 Å². The van der Waals surface area contributed by atoms with Gasteiger partial charge in [0.2, 0.25) is 6.29 Å². The molecule has 0 saturated carbocycles. The van der Waals surface area contributed by atoms with E-state index in [0.29, 0.717) is 27.0 Å². The molecule has 2 aromatic rings. The lowest BCUT2D eigenvalue weighted by molar-refractivity contribution is 0.563. The van der Waals surface area contributed by atoms with E-state index < -0.39 is 0 Å². The van der Waals surface area contributed by atoms with Crippen LogP contribution in [0.2, 0.25) is 10.2 Å². The standard InChI is InChI=1S/C12H6Cl2NO/c13-9-5-4-8(7-16)10(6-9)11-2-1-3-12(14)15-11/h1-6H. The van der Waals surface area contributed by atoms with E-state index in [4.69, 9.17) is 23.2 Å². The molecule has 0 fully saturated rings. The molecule has 0 atom stereocenters. The SMILES string of the molecule is O=[C]c1ccc(Cl)cc1-c1cccc(Cl)n1. The average molecular weight is 251 g/mol. The lowest BCUT2D eigenvalue weighted by Gasteiger charge is -2.04. The van der Waals surface area contributed by atoms with Gasteiger partial charge in [0, 0.05) is 16.1 Å². The maximum atomic E-state index is 10.8. The van der Waals surface area contributed by atoms with Crippen molar-refractivity contribution < 1.29 is 4.79 Å². The Kier molecular flexibility index (Phi) is 3.22. The predicted molar refractivity (Wildman–Crippen MR) is 64.5 cm³/mol. The Hall–Kier alpha value is -1.38. The molecule has 0 amide bonds. The lowest BCUT2D eigenvalue weighted by Crippen LogP contribution is -1.90. The molecule has 2 rings (SSSR count). The predicted octanol–water partition coefficient (Wildman–Crippen LogP) is 3.51. The summed E-state index contributed by atoms with van der Waals surface area (Å²) < 4.78 is 0. The van der Waals surface area contributed by atoms with Gasteiger partial charge in [0.05, 0.1) is 5.69 Å². The first-order valence-corrected chi connectivity index (χ1v) is 5.27. The van der Waals surface area contributed by atoms with Crippen molar-refractivity contribution in [1.82, 2.24) is 4.98 Å². The second-order valence-electron chi connectivity index (χ2n) is 3.14. The van der Waals surface area contributed by atoms with E-state index in [-0.39, 0.29) is 0 Å². The number of pyridine rings is 1. The number of hydrogen-bond acceptors (Lipinski definition) is 2. The Labute approximate surface area is 103 Å². The highest BCUT2D eigenvalue weighted by molar-refractivity contribution is 6.31. The monoisotopic (exact) mass is 250 g/mol. The molecule has 0 saturated heterocycles. The fourth-order valence-electron chi connectivity index (χ4n) is 1.38.